The van der Waals surface area contributed by atoms with Crippen molar-refractivity contribution in [2.75, 3.05) is 11.5 Å². The number of nitrogens with zero attached hydrogens (tertiary/aromatic N) is 1. The molecule has 2 rings (SSSR count). The zero-order valence-electron chi connectivity index (χ0n) is 13.2. The highest BCUT2D eigenvalue weighted by Gasteiger charge is 2.37. The number of imide groups is 1. The van der Waals surface area contributed by atoms with E-state index in [0.717, 1.165) is 16.5 Å². The quantitative estimate of drug-likeness (QED) is 0.473. The van der Waals surface area contributed by atoms with Gasteiger partial charge in [-0.15, -0.1) is 0 Å². The smallest absolute Gasteiger partial charge is 0.261 e. The molecule has 0 spiro atoms. The predicted molar refractivity (Wildman–Crippen MR) is 87.2 cm³/mol. The van der Waals surface area contributed by atoms with Crippen molar-refractivity contribution >= 4 is 29.1 Å². The third-order valence-corrected chi connectivity index (χ3v) is 3.75. The standard InChI is InChI=1S/C17H17ClFNO3/c1-4-5-6-23-15-9-14(13(19)8-12(15)18)20-16(21)7-11(10(2)3)17(20)22/h4-5,8-9H,6-7H2,1-3H3. The minimum Gasteiger partial charge on any atom is -0.488 e. The van der Waals surface area contributed by atoms with Gasteiger partial charge in [0.05, 0.1) is 17.1 Å². The van der Waals surface area contributed by atoms with Crippen molar-refractivity contribution in [1.82, 2.24) is 0 Å². The van der Waals surface area contributed by atoms with Crippen LogP contribution in [0.3, 0.4) is 0 Å². The van der Waals surface area contributed by atoms with Gasteiger partial charge < -0.3 is 4.74 Å². The van der Waals surface area contributed by atoms with Gasteiger partial charge in [0.15, 0.2) is 0 Å². The molecule has 1 saturated heterocycles. The molecule has 1 fully saturated rings. The summed E-state index contributed by atoms with van der Waals surface area (Å²) in [4.78, 5) is 25.3. The van der Waals surface area contributed by atoms with E-state index < -0.39 is 17.6 Å². The van der Waals surface area contributed by atoms with Crippen molar-refractivity contribution in [1.29, 1.82) is 0 Å². The van der Waals surface area contributed by atoms with Gasteiger partial charge in [-0.2, -0.15) is 0 Å². The number of carbonyl (C=O) groups is 2. The maximum Gasteiger partial charge on any atom is 0.261 e. The maximum atomic E-state index is 14.2. The summed E-state index contributed by atoms with van der Waals surface area (Å²) in [6, 6.07) is 2.33. The van der Waals surface area contributed by atoms with Gasteiger partial charge in [0.2, 0.25) is 5.91 Å². The summed E-state index contributed by atoms with van der Waals surface area (Å²) in [6.45, 7) is 5.58. The summed E-state index contributed by atoms with van der Waals surface area (Å²) < 4.78 is 19.7. The first-order chi connectivity index (χ1) is 10.9. The van der Waals surface area contributed by atoms with E-state index in [4.69, 9.17) is 16.3 Å². The molecule has 1 aliphatic heterocycles. The second kappa shape index (κ2) is 6.96. The fourth-order valence-corrected chi connectivity index (χ4v) is 2.43. The van der Waals surface area contributed by atoms with Crippen LogP contribution in [0.25, 0.3) is 0 Å². The molecule has 1 aromatic carbocycles. The van der Waals surface area contributed by atoms with E-state index in [9.17, 15) is 14.0 Å². The van der Waals surface area contributed by atoms with Gasteiger partial charge in [-0.3, -0.25) is 9.59 Å². The molecule has 23 heavy (non-hydrogen) atoms. The molecule has 122 valence electrons. The van der Waals surface area contributed by atoms with Gasteiger partial charge >= 0.3 is 0 Å². The summed E-state index contributed by atoms with van der Waals surface area (Å²) in [5.41, 5.74) is 0.988. The summed E-state index contributed by atoms with van der Waals surface area (Å²) in [7, 11) is 0. The summed E-state index contributed by atoms with van der Waals surface area (Å²) in [6.07, 6.45) is 3.53. The Hall–Kier alpha value is -2.14. The molecule has 0 bridgehead atoms. The molecule has 0 radical (unpaired) electrons. The normalized spacial score (nSPS) is 15.0. The Bertz CT molecular complexity index is 721. The molecule has 1 aliphatic rings. The first-order valence-corrected chi connectivity index (χ1v) is 7.51. The van der Waals surface area contributed by atoms with E-state index in [1.54, 1.807) is 26.0 Å². The monoisotopic (exact) mass is 337 g/mol. The Balaban J connectivity index is 2.43. The molecule has 1 heterocycles. The van der Waals surface area contributed by atoms with Crippen LogP contribution in [0.4, 0.5) is 10.1 Å². The van der Waals surface area contributed by atoms with E-state index in [2.05, 4.69) is 0 Å². The first kappa shape index (κ1) is 17.2. The molecule has 0 saturated carbocycles. The van der Waals surface area contributed by atoms with Gasteiger partial charge in [-0.1, -0.05) is 29.3 Å². The largest absolute Gasteiger partial charge is 0.488 e. The van der Waals surface area contributed by atoms with Crippen molar-refractivity contribution in [3.8, 4) is 5.75 Å². The zero-order valence-corrected chi connectivity index (χ0v) is 13.9. The lowest BCUT2D eigenvalue weighted by molar-refractivity contribution is -0.120. The third kappa shape index (κ3) is 3.45. The molecule has 0 aliphatic carbocycles. The van der Waals surface area contributed by atoms with Crippen molar-refractivity contribution < 1.29 is 18.7 Å². The number of allylic oxidation sites excluding steroid dienone is 2. The topological polar surface area (TPSA) is 46.6 Å². The molecule has 4 nitrogen and oxygen atoms in total. The highest BCUT2D eigenvalue weighted by Crippen LogP contribution is 2.36. The number of carbonyl (C=O) groups excluding carboxylic acids is 2. The van der Waals surface area contributed by atoms with Gasteiger partial charge in [-0.05, 0) is 26.8 Å². The summed E-state index contributed by atoms with van der Waals surface area (Å²) in [5.74, 6) is -1.50. The Morgan fingerprint density at radius 1 is 1.39 bits per heavy atom. The number of rotatable bonds is 4. The molecular formula is C17H17ClFNO3. The second-order valence-corrected chi connectivity index (χ2v) is 5.71. The highest BCUT2D eigenvalue weighted by molar-refractivity contribution is 6.32. The first-order valence-electron chi connectivity index (χ1n) is 7.13. The van der Waals surface area contributed by atoms with Crippen LogP contribution >= 0.6 is 11.6 Å². The molecule has 2 amide bonds. The molecule has 6 heteroatoms. The van der Waals surface area contributed by atoms with Crippen LogP contribution in [-0.2, 0) is 9.59 Å². The summed E-state index contributed by atoms with van der Waals surface area (Å²) in [5, 5.41) is 0.0808. The maximum absolute atomic E-state index is 14.2. The average Bonchev–Trinajstić information content (AvgIpc) is 2.77. The number of ether oxygens (including phenoxy) is 1. The number of anilines is 1. The predicted octanol–water partition coefficient (Wildman–Crippen LogP) is 4.03. The lowest BCUT2D eigenvalue weighted by Crippen LogP contribution is -2.30. The van der Waals surface area contributed by atoms with Gasteiger partial charge in [0.1, 0.15) is 18.2 Å². The van der Waals surface area contributed by atoms with Gasteiger partial charge in [0.25, 0.3) is 5.91 Å². The van der Waals surface area contributed by atoms with Crippen molar-refractivity contribution in [3.05, 3.63) is 46.3 Å². The minimum absolute atomic E-state index is 0.0298. The molecule has 0 atom stereocenters. The molecule has 0 N–H and O–H groups in total. The average molecular weight is 338 g/mol. The number of benzene rings is 1. The Morgan fingerprint density at radius 2 is 2.09 bits per heavy atom. The van der Waals surface area contributed by atoms with Gasteiger partial charge in [0, 0.05) is 11.6 Å². The Labute approximate surface area is 139 Å². The highest BCUT2D eigenvalue weighted by atomic mass is 35.5. The van der Waals surface area contributed by atoms with Crippen LogP contribution < -0.4 is 9.64 Å². The van der Waals surface area contributed by atoms with Crippen molar-refractivity contribution in [2.45, 2.75) is 27.2 Å². The molecule has 0 unspecified atom stereocenters. The Morgan fingerprint density at radius 3 is 2.65 bits per heavy atom. The van der Waals surface area contributed by atoms with Crippen molar-refractivity contribution in [2.24, 2.45) is 0 Å². The van der Waals surface area contributed by atoms with E-state index in [1.807, 2.05) is 6.92 Å². The number of amides is 2. The Kier molecular flexibility index (Phi) is 5.21. The minimum atomic E-state index is -0.745. The third-order valence-electron chi connectivity index (χ3n) is 3.46. The van der Waals surface area contributed by atoms with Crippen LogP contribution in [0.2, 0.25) is 5.02 Å². The number of hydrogen-bond donors (Lipinski definition) is 0. The van der Waals surface area contributed by atoms with Crippen LogP contribution in [0, 0.1) is 5.82 Å². The molecule has 0 aromatic heterocycles. The van der Waals surface area contributed by atoms with Crippen LogP contribution in [0.15, 0.2) is 35.4 Å². The van der Waals surface area contributed by atoms with E-state index in [0.29, 0.717) is 5.57 Å². The lowest BCUT2D eigenvalue weighted by Gasteiger charge is -2.17. The molecular weight excluding hydrogens is 321 g/mol. The SMILES string of the molecule is CC=CCOc1cc(N2C(=O)CC(=C(C)C)C2=O)c(F)cc1Cl. The van der Waals surface area contributed by atoms with Crippen LogP contribution in [-0.4, -0.2) is 18.4 Å². The van der Waals surface area contributed by atoms with E-state index in [1.165, 1.54) is 6.07 Å². The van der Waals surface area contributed by atoms with E-state index >= 15 is 0 Å². The van der Waals surface area contributed by atoms with Crippen LogP contribution in [0.1, 0.15) is 27.2 Å². The van der Waals surface area contributed by atoms with E-state index in [-0.39, 0.29) is 29.5 Å². The fraction of sp³-hybridized carbons (Fsp3) is 0.294. The van der Waals surface area contributed by atoms with Gasteiger partial charge in [-0.25, -0.2) is 9.29 Å². The number of halogens is 2. The summed E-state index contributed by atoms with van der Waals surface area (Å²) >= 11 is 5.95. The zero-order chi connectivity index (χ0) is 17.1. The van der Waals surface area contributed by atoms with Crippen LogP contribution in [0.5, 0.6) is 5.75 Å². The van der Waals surface area contributed by atoms with Crippen molar-refractivity contribution in [3.63, 3.8) is 0 Å². The molecule has 1 aromatic rings. The lowest BCUT2D eigenvalue weighted by atomic mass is 10.1. The fourth-order valence-electron chi connectivity index (χ4n) is 2.22. The number of hydrogen-bond acceptors (Lipinski definition) is 3. The second-order valence-electron chi connectivity index (χ2n) is 5.30.